The fourth-order valence-corrected chi connectivity index (χ4v) is 2.32. The van der Waals surface area contributed by atoms with Crippen molar-refractivity contribution in [1.82, 2.24) is 25.0 Å². The zero-order valence-corrected chi connectivity index (χ0v) is 14.1. The van der Waals surface area contributed by atoms with Crippen molar-refractivity contribution in [1.29, 1.82) is 0 Å². The van der Waals surface area contributed by atoms with E-state index in [0.29, 0.717) is 13.0 Å². The first-order valence-electron chi connectivity index (χ1n) is 7.91. The number of nitrogens with zero attached hydrogens (tertiary/aromatic N) is 4. The molecule has 1 N–H and O–H groups in total. The summed E-state index contributed by atoms with van der Waals surface area (Å²) in [6, 6.07) is 9.22. The van der Waals surface area contributed by atoms with Crippen LogP contribution in [0.2, 0.25) is 0 Å². The molecule has 0 aliphatic carbocycles. The van der Waals surface area contributed by atoms with Crippen molar-refractivity contribution in [3.8, 4) is 17.4 Å². The number of hydrogen-bond acceptors (Lipinski definition) is 7. The lowest BCUT2D eigenvalue weighted by Gasteiger charge is -2.07. The van der Waals surface area contributed by atoms with Crippen molar-refractivity contribution in [3.63, 3.8) is 0 Å². The van der Waals surface area contributed by atoms with Crippen molar-refractivity contribution in [2.75, 3.05) is 13.7 Å². The number of nitrogens with one attached hydrogen (secondary N) is 1. The number of rotatable bonds is 7. The summed E-state index contributed by atoms with van der Waals surface area (Å²) in [6.45, 7) is 0.209. The number of hydrogen-bond donors (Lipinski definition) is 1. The first-order valence-corrected chi connectivity index (χ1v) is 7.91. The summed E-state index contributed by atoms with van der Waals surface area (Å²) in [6.07, 6.45) is 3.68. The third-order valence-electron chi connectivity index (χ3n) is 3.65. The molecule has 1 amide bonds. The molecular weight excluding hydrogens is 338 g/mol. The van der Waals surface area contributed by atoms with Crippen molar-refractivity contribution in [2.24, 2.45) is 0 Å². The van der Waals surface area contributed by atoms with Gasteiger partial charge < -0.3 is 10.1 Å². The van der Waals surface area contributed by atoms with Crippen molar-refractivity contribution >= 4 is 5.91 Å². The van der Waals surface area contributed by atoms with Gasteiger partial charge in [-0.15, -0.1) is 0 Å². The van der Waals surface area contributed by atoms with Gasteiger partial charge in [0.2, 0.25) is 11.7 Å². The lowest BCUT2D eigenvalue weighted by atomic mass is 10.1. The number of carbonyl (C=O) groups is 1. The Bertz CT molecular complexity index is 918. The molecule has 0 saturated heterocycles. The van der Waals surface area contributed by atoms with E-state index in [1.807, 2.05) is 24.3 Å². The van der Waals surface area contributed by atoms with E-state index in [1.165, 1.54) is 12.4 Å². The molecule has 3 aromatic rings. The van der Waals surface area contributed by atoms with Crippen LogP contribution >= 0.6 is 0 Å². The molecule has 3 rings (SSSR count). The molecule has 0 bridgehead atoms. The van der Waals surface area contributed by atoms with Gasteiger partial charge >= 0.3 is 5.76 Å². The highest BCUT2D eigenvalue weighted by Gasteiger charge is 2.17. The Kier molecular flexibility index (Phi) is 5.37. The van der Waals surface area contributed by atoms with Crippen LogP contribution in [-0.4, -0.2) is 39.3 Å². The smallest absolute Gasteiger partial charge is 0.442 e. The summed E-state index contributed by atoms with van der Waals surface area (Å²) in [4.78, 5) is 31.9. The second kappa shape index (κ2) is 8.06. The van der Waals surface area contributed by atoms with Gasteiger partial charge in [-0.3, -0.25) is 9.32 Å². The van der Waals surface area contributed by atoms with Crippen LogP contribution in [0, 0.1) is 0 Å². The maximum atomic E-state index is 12.1. The maximum absolute atomic E-state index is 12.1. The van der Waals surface area contributed by atoms with Gasteiger partial charge in [0.1, 0.15) is 12.3 Å². The third kappa shape index (κ3) is 4.12. The average molecular weight is 355 g/mol. The van der Waals surface area contributed by atoms with E-state index in [2.05, 4.69) is 25.0 Å². The van der Waals surface area contributed by atoms with Gasteiger partial charge in [0, 0.05) is 18.9 Å². The van der Waals surface area contributed by atoms with Crippen molar-refractivity contribution in [2.45, 2.75) is 13.0 Å². The molecule has 0 atom stereocenters. The van der Waals surface area contributed by atoms with Gasteiger partial charge in [-0.25, -0.2) is 19.3 Å². The van der Waals surface area contributed by atoms with Gasteiger partial charge in [0.05, 0.1) is 7.11 Å². The van der Waals surface area contributed by atoms with E-state index < -0.39 is 5.76 Å². The van der Waals surface area contributed by atoms with Crippen LogP contribution in [0.3, 0.4) is 0 Å². The fourth-order valence-electron chi connectivity index (χ4n) is 2.32. The first kappa shape index (κ1) is 17.3. The summed E-state index contributed by atoms with van der Waals surface area (Å²) >= 11 is 0. The largest absolute Gasteiger partial charge is 0.497 e. The van der Waals surface area contributed by atoms with Gasteiger partial charge in [-0.1, -0.05) is 17.3 Å². The van der Waals surface area contributed by atoms with Crippen LogP contribution in [-0.2, 0) is 17.8 Å². The maximum Gasteiger partial charge on any atom is 0.442 e. The summed E-state index contributed by atoms with van der Waals surface area (Å²) in [5.41, 5.74) is 1.06. The van der Waals surface area contributed by atoms with Crippen LogP contribution < -0.4 is 15.8 Å². The Balaban J connectivity index is 1.58. The number of methoxy groups -OCH3 is 1. The summed E-state index contributed by atoms with van der Waals surface area (Å²) in [5.74, 6) is 0.0318. The SMILES string of the molecule is COc1ccc(CCNC(=O)Cn2c(-c3ncccn3)noc2=O)cc1. The van der Waals surface area contributed by atoms with E-state index in [9.17, 15) is 9.59 Å². The van der Waals surface area contributed by atoms with Gasteiger partial charge in [0.15, 0.2) is 5.82 Å². The highest BCUT2D eigenvalue weighted by atomic mass is 16.5. The van der Waals surface area contributed by atoms with Crippen LogP contribution in [0.1, 0.15) is 5.56 Å². The Morgan fingerprint density at radius 1 is 1.23 bits per heavy atom. The number of aromatic nitrogens is 4. The van der Waals surface area contributed by atoms with E-state index in [1.54, 1.807) is 13.2 Å². The molecule has 0 aliphatic rings. The molecule has 9 nitrogen and oxygen atoms in total. The standard InChI is InChI=1S/C17H17N5O4/c1-25-13-5-3-12(4-6-13)7-10-18-14(23)11-22-16(21-26-17(22)24)15-19-8-2-9-20-15/h2-6,8-9H,7,10-11H2,1H3,(H,18,23). The summed E-state index contributed by atoms with van der Waals surface area (Å²) in [5, 5.41) is 6.41. The predicted molar refractivity (Wildman–Crippen MR) is 91.5 cm³/mol. The van der Waals surface area contributed by atoms with Crippen LogP contribution in [0.4, 0.5) is 0 Å². The van der Waals surface area contributed by atoms with Gasteiger partial charge in [0.25, 0.3) is 0 Å². The lowest BCUT2D eigenvalue weighted by molar-refractivity contribution is -0.121. The van der Waals surface area contributed by atoms with Crippen LogP contribution in [0.15, 0.2) is 52.0 Å². The van der Waals surface area contributed by atoms with Gasteiger partial charge in [-0.2, -0.15) is 0 Å². The Hall–Kier alpha value is -3.49. The number of benzene rings is 1. The van der Waals surface area contributed by atoms with E-state index in [-0.39, 0.29) is 24.1 Å². The molecular formula is C17H17N5O4. The quantitative estimate of drug-likeness (QED) is 0.662. The number of carbonyl (C=O) groups excluding carboxylic acids is 1. The minimum Gasteiger partial charge on any atom is -0.497 e. The molecule has 0 radical (unpaired) electrons. The molecule has 134 valence electrons. The van der Waals surface area contributed by atoms with E-state index in [0.717, 1.165) is 15.9 Å². The van der Waals surface area contributed by atoms with E-state index in [4.69, 9.17) is 4.74 Å². The number of ether oxygens (including phenoxy) is 1. The molecule has 2 heterocycles. The van der Waals surface area contributed by atoms with Gasteiger partial charge in [-0.05, 0) is 30.2 Å². The molecule has 0 aliphatic heterocycles. The molecule has 0 unspecified atom stereocenters. The Morgan fingerprint density at radius 3 is 2.65 bits per heavy atom. The topological polar surface area (TPSA) is 112 Å². The van der Waals surface area contributed by atoms with E-state index >= 15 is 0 Å². The molecule has 0 fully saturated rings. The summed E-state index contributed by atoms with van der Waals surface area (Å²) < 4.78 is 10.8. The lowest BCUT2D eigenvalue weighted by Crippen LogP contribution is -2.32. The average Bonchev–Trinajstić information content (AvgIpc) is 3.03. The minimum atomic E-state index is -0.738. The molecule has 2 aromatic heterocycles. The summed E-state index contributed by atoms with van der Waals surface area (Å²) in [7, 11) is 1.61. The minimum absolute atomic E-state index is 0.112. The van der Waals surface area contributed by atoms with Crippen molar-refractivity contribution < 1.29 is 14.1 Å². The van der Waals surface area contributed by atoms with Crippen LogP contribution in [0.25, 0.3) is 11.6 Å². The predicted octanol–water partition coefficient (Wildman–Crippen LogP) is 0.661. The second-order valence-corrected chi connectivity index (χ2v) is 5.38. The normalized spacial score (nSPS) is 10.5. The molecule has 9 heteroatoms. The van der Waals surface area contributed by atoms with Crippen LogP contribution in [0.5, 0.6) is 5.75 Å². The molecule has 0 saturated carbocycles. The zero-order valence-electron chi connectivity index (χ0n) is 14.1. The highest BCUT2D eigenvalue weighted by molar-refractivity contribution is 5.76. The monoisotopic (exact) mass is 355 g/mol. The Morgan fingerprint density at radius 2 is 1.96 bits per heavy atom. The van der Waals surface area contributed by atoms with Crippen molar-refractivity contribution in [3.05, 3.63) is 58.8 Å². The highest BCUT2D eigenvalue weighted by Crippen LogP contribution is 2.11. The first-order chi connectivity index (χ1) is 12.7. The number of amides is 1. The molecule has 0 spiro atoms. The second-order valence-electron chi connectivity index (χ2n) is 5.38. The third-order valence-corrected chi connectivity index (χ3v) is 3.65. The zero-order chi connectivity index (χ0) is 18.4. The molecule has 1 aromatic carbocycles. The molecule has 26 heavy (non-hydrogen) atoms. The Labute approximate surface area is 148 Å². The fraction of sp³-hybridized carbons (Fsp3) is 0.235.